The van der Waals surface area contributed by atoms with E-state index in [-0.39, 0.29) is 18.4 Å². The average Bonchev–Trinajstić information content (AvgIpc) is 3.18. The molecule has 1 aliphatic rings. The summed E-state index contributed by atoms with van der Waals surface area (Å²) in [4.78, 5) is 28.5. The molecule has 4 rings (SSSR count). The van der Waals surface area contributed by atoms with Gasteiger partial charge in [0.1, 0.15) is 12.4 Å². The first-order chi connectivity index (χ1) is 14.1. The molecule has 0 unspecified atom stereocenters. The summed E-state index contributed by atoms with van der Waals surface area (Å²) >= 11 is 1.45. The molecule has 1 aliphatic heterocycles. The van der Waals surface area contributed by atoms with E-state index in [1.54, 1.807) is 7.05 Å². The molecule has 2 aromatic carbocycles. The van der Waals surface area contributed by atoms with Crippen molar-refractivity contribution in [3.8, 4) is 16.2 Å². The number of hydrogen-bond donors (Lipinski definition) is 1. The molecular weight excluding hydrogens is 384 g/mol. The third-order valence-electron chi connectivity index (χ3n) is 4.93. The molecule has 0 spiro atoms. The third kappa shape index (κ3) is 3.89. The molecule has 0 bridgehead atoms. The molecule has 1 aromatic heterocycles. The number of ether oxygens (including phenoxy) is 1. The van der Waals surface area contributed by atoms with Crippen molar-refractivity contribution in [1.29, 1.82) is 0 Å². The van der Waals surface area contributed by atoms with E-state index in [0.717, 1.165) is 39.4 Å². The predicted molar refractivity (Wildman–Crippen MR) is 115 cm³/mol. The van der Waals surface area contributed by atoms with Crippen LogP contribution in [0.25, 0.3) is 10.4 Å². The Morgan fingerprint density at radius 3 is 2.72 bits per heavy atom. The largest absolute Gasteiger partial charge is 0.488 e. The first-order valence-corrected chi connectivity index (χ1v) is 10.4. The Morgan fingerprint density at radius 1 is 1.14 bits per heavy atom. The zero-order chi connectivity index (χ0) is 20.4. The summed E-state index contributed by atoms with van der Waals surface area (Å²) in [6, 6.07) is 17.4. The zero-order valence-corrected chi connectivity index (χ0v) is 17.2. The molecule has 0 saturated heterocycles. The lowest BCUT2D eigenvalue weighted by Gasteiger charge is -2.17. The highest BCUT2D eigenvalue weighted by Gasteiger charge is 2.24. The Bertz CT molecular complexity index is 1070. The van der Waals surface area contributed by atoms with Crippen molar-refractivity contribution in [2.75, 3.05) is 18.9 Å². The van der Waals surface area contributed by atoms with E-state index >= 15 is 0 Å². The number of rotatable bonds is 5. The molecule has 2 heterocycles. The van der Waals surface area contributed by atoms with Crippen LogP contribution >= 0.6 is 11.3 Å². The van der Waals surface area contributed by atoms with E-state index < -0.39 is 0 Å². The molecule has 0 saturated carbocycles. The minimum atomic E-state index is -0.211. The fourth-order valence-corrected chi connectivity index (χ4v) is 4.61. The van der Waals surface area contributed by atoms with Crippen LogP contribution in [0.15, 0.2) is 54.6 Å². The molecule has 29 heavy (non-hydrogen) atoms. The van der Waals surface area contributed by atoms with Crippen LogP contribution in [0.1, 0.15) is 27.7 Å². The normalized spacial score (nSPS) is 11.8. The van der Waals surface area contributed by atoms with Gasteiger partial charge in [-0.05, 0) is 36.2 Å². The molecule has 1 N–H and O–H groups in total. The maximum absolute atomic E-state index is 12.9. The number of para-hydroxylation sites is 2. The maximum atomic E-state index is 12.9. The molecule has 0 fully saturated rings. The number of likely N-dealkylation sites (N-methyl/N-ethyl adjacent to an activating group) is 1. The van der Waals surface area contributed by atoms with Crippen LogP contribution < -0.4 is 10.1 Å². The highest BCUT2D eigenvalue weighted by Crippen LogP contribution is 2.42. The molecule has 2 amide bonds. The second kappa shape index (κ2) is 8.09. The van der Waals surface area contributed by atoms with Crippen LogP contribution in [0.2, 0.25) is 0 Å². The summed E-state index contributed by atoms with van der Waals surface area (Å²) in [7, 11) is 1.65. The number of amides is 2. The van der Waals surface area contributed by atoms with Gasteiger partial charge in [-0.1, -0.05) is 37.3 Å². The van der Waals surface area contributed by atoms with Crippen LogP contribution in [0.5, 0.6) is 5.75 Å². The van der Waals surface area contributed by atoms with Crippen LogP contribution in [-0.2, 0) is 17.8 Å². The number of aryl methyl sites for hydroxylation is 1. The van der Waals surface area contributed by atoms with E-state index in [4.69, 9.17) is 4.74 Å². The summed E-state index contributed by atoms with van der Waals surface area (Å²) in [5, 5.41) is 2.91. The van der Waals surface area contributed by atoms with Crippen molar-refractivity contribution in [2.24, 2.45) is 0 Å². The SMILES string of the molecule is CCc1ccccc1NC(=O)CN(C)C(=O)c1cc2c(s1)-c1ccccc1OC2. The third-order valence-corrected chi connectivity index (χ3v) is 6.13. The highest BCUT2D eigenvalue weighted by molar-refractivity contribution is 7.17. The Hall–Kier alpha value is -3.12. The average molecular weight is 407 g/mol. The smallest absolute Gasteiger partial charge is 0.264 e. The van der Waals surface area contributed by atoms with Crippen molar-refractivity contribution in [1.82, 2.24) is 4.90 Å². The molecule has 0 atom stereocenters. The minimum Gasteiger partial charge on any atom is -0.488 e. The lowest BCUT2D eigenvalue weighted by molar-refractivity contribution is -0.116. The summed E-state index contributed by atoms with van der Waals surface area (Å²) in [6.45, 7) is 2.49. The molecular formula is C23H22N2O3S. The topological polar surface area (TPSA) is 58.6 Å². The summed E-state index contributed by atoms with van der Waals surface area (Å²) in [5.74, 6) is 0.459. The molecule has 5 nitrogen and oxygen atoms in total. The monoisotopic (exact) mass is 406 g/mol. The van der Waals surface area contributed by atoms with Gasteiger partial charge in [-0.2, -0.15) is 0 Å². The van der Waals surface area contributed by atoms with Crippen LogP contribution in [0, 0.1) is 0 Å². The van der Waals surface area contributed by atoms with Gasteiger partial charge in [-0.25, -0.2) is 0 Å². The van der Waals surface area contributed by atoms with Crippen LogP contribution in [0.3, 0.4) is 0 Å². The van der Waals surface area contributed by atoms with E-state index in [2.05, 4.69) is 5.32 Å². The van der Waals surface area contributed by atoms with Gasteiger partial charge in [0.05, 0.1) is 11.4 Å². The van der Waals surface area contributed by atoms with Gasteiger partial charge in [0, 0.05) is 28.7 Å². The number of benzene rings is 2. The van der Waals surface area contributed by atoms with E-state index in [0.29, 0.717) is 11.5 Å². The molecule has 3 aromatic rings. The van der Waals surface area contributed by atoms with Gasteiger partial charge in [-0.3, -0.25) is 9.59 Å². The number of carbonyl (C=O) groups excluding carboxylic acids is 2. The van der Waals surface area contributed by atoms with Gasteiger partial charge in [0.25, 0.3) is 5.91 Å². The Balaban J connectivity index is 1.47. The fourth-order valence-electron chi connectivity index (χ4n) is 3.42. The second-order valence-electron chi connectivity index (χ2n) is 6.97. The number of anilines is 1. The standard InChI is InChI=1S/C23H22N2O3S/c1-3-15-8-4-6-10-18(15)24-21(26)13-25(2)23(27)20-12-16-14-28-19-11-7-5-9-17(19)22(16)29-20/h4-12H,3,13-14H2,1-2H3,(H,24,26). The van der Waals surface area contributed by atoms with Crippen molar-refractivity contribution < 1.29 is 14.3 Å². The van der Waals surface area contributed by atoms with E-state index in [9.17, 15) is 9.59 Å². The van der Waals surface area contributed by atoms with Gasteiger partial charge in [0.15, 0.2) is 0 Å². The second-order valence-corrected chi connectivity index (χ2v) is 8.02. The Morgan fingerprint density at radius 2 is 1.90 bits per heavy atom. The van der Waals surface area contributed by atoms with Gasteiger partial charge in [0.2, 0.25) is 5.91 Å². The molecule has 6 heteroatoms. The van der Waals surface area contributed by atoms with Crippen molar-refractivity contribution in [3.05, 3.63) is 70.6 Å². The van der Waals surface area contributed by atoms with Gasteiger partial charge >= 0.3 is 0 Å². The summed E-state index contributed by atoms with van der Waals surface area (Å²) < 4.78 is 5.77. The van der Waals surface area contributed by atoms with Crippen LogP contribution in [-0.4, -0.2) is 30.3 Å². The van der Waals surface area contributed by atoms with Crippen LogP contribution in [0.4, 0.5) is 5.69 Å². The lowest BCUT2D eigenvalue weighted by Crippen LogP contribution is -2.34. The number of carbonyl (C=O) groups is 2. The van der Waals surface area contributed by atoms with Crippen molar-refractivity contribution in [3.63, 3.8) is 0 Å². The number of nitrogens with one attached hydrogen (secondary N) is 1. The quantitative estimate of drug-likeness (QED) is 0.675. The molecule has 0 aliphatic carbocycles. The maximum Gasteiger partial charge on any atom is 0.264 e. The Labute approximate surface area is 173 Å². The highest BCUT2D eigenvalue weighted by atomic mass is 32.1. The van der Waals surface area contributed by atoms with Gasteiger partial charge in [-0.15, -0.1) is 11.3 Å². The lowest BCUT2D eigenvalue weighted by atomic mass is 10.1. The summed E-state index contributed by atoms with van der Waals surface area (Å²) in [6.07, 6.45) is 0.829. The Kier molecular flexibility index (Phi) is 5.36. The van der Waals surface area contributed by atoms with E-state index in [1.165, 1.54) is 16.2 Å². The number of thiophene rings is 1. The fraction of sp³-hybridized carbons (Fsp3) is 0.217. The van der Waals surface area contributed by atoms with E-state index in [1.807, 2.05) is 61.5 Å². The summed E-state index contributed by atoms with van der Waals surface area (Å²) in [5.41, 5.74) is 3.88. The first-order valence-electron chi connectivity index (χ1n) is 9.55. The number of nitrogens with zero attached hydrogens (tertiary/aromatic N) is 1. The molecule has 148 valence electrons. The van der Waals surface area contributed by atoms with Crippen molar-refractivity contribution >= 4 is 28.8 Å². The minimum absolute atomic E-state index is 0.00741. The first kappa shape index (κ1) is 19.2. The number of hydrogen-bond acceptors (Lipinski definition) is 4. The predicted octanol–water partition coefficient (Wildman–Crippen LogP) is 4.58. The molecule has 0 radical (unpaired) electrons. The van der Waals surface area contributed by atoms with Gasteiger partial charge < -0.3 is 15.0 Å². The number of fused-ring (bicyclic) bond motifs is 3. The zero-order valence-electron chi connectivity index (χ0n) is 16.4. The van der Waals surface area contributed by atoms with Crippen molar-refractivity contribution in [2.45, 2.75) is 20.0 Å².